The van der Waals surface area contributed by atoms with Crippen LogP contribution in [0.25, 0.3) is 0 Å². The minimum absolute atomic E-state index is 0.0761. The topological polar surface area (TPSA) is 69.6 Å². The number of unbranched alkanes of at least 4 members (excludes halogenated alkanes) is 1. The van der Waals surface area contributed by atoms with Gasteiger partial charge in [-0.25, -0.2) is 9.59 Å². The molecular weight excluding hydrogens is 277 g/mol. The van der Waals surface area contributed by atoms with E-state index in [1.165, 1.54) is 4.90 Å². The van der Waals surface area contributed by atoms with Gasteiger partial charge < -0.3 is 15.3 Å². The maximum Gasteiger partial charge on any atom is 0.422 e. The fourth-order valence-electron chi connectivity index (χ4n) is 1.70. The number of carbonyl (C=O) groups excluding carboxylic acids is 1. The first-order valence-corrected chi connectivity index (χ1v) is 6.52. The van der Waals surface area contributed by atoms with Crippen molar-refractivity contribution in [2.45, 2.75) is 57.3 Å². The summed E-state index contributed by atoms with van der Waals surface area (Å²) in [7, 11) is 0. The lowest BCUT2D eigenvalue weighted by Crippen LogP contribution is -2.64. The number of urea groups is 1. The van der Waals surface area contributed by atoms with E-state index in [0.29, 0.717) is 19.9 Å². The summed E-state index contributed by atoms with van der Waals surface area (Å²) >= 11 is 0. The highest BCUT2D eigenvalue weighted by Crippen LogP contribution is 2.32. The van der Waals surface area contributed by atoms with Gasteiger partial charge in [0, 0.05) is 12.6 Å². The Bertz CT molecular complexity index is 383. The van der Waals surface area contributed by atoms with Crippen molar-refractivity contribution in [3.63, 3.8) is 0 Å². The Morgan fingerprint density at radius 2 is 1.90 bits per heavy atom. The molecule has 0 aromatic rings. The Balaban J connectivity index is 2.81. The van der Waals surface area contributed by atoms with Gasteiger partial charge in [-0.15, -0.1) is 0 Å². The van der Waals surface area contributed by atoms with E-state index in [2.05, 4.69) is 0 Å². The zero-order chi connectivity index (χ0) is 15.6. The predicted octanol–water partition coefficient (Wildman–Crippen LogP) is 2.37. The number of hydrogen-bond donors (Lipinski definition) is 2. The molecule has 2 amide bonds. The van der Waals surface area contributed by atoms with Crippen LogP contribution in [0.4, 0.5) is 18.0 Å². The number of nitrogens with one attached hydrogen (secondary N) is 1. The summed E-state index contributed by atoms with van der Waals surface area (Å²) in [6.07, 6.45) is -2.11. The Morgan fingerprint density at radius 3 is 2.25 bits per heavy atom. The van der Waals surface area contributed by atoms with Crippen molar-refractivity contribution >= 4 is 12.0 Å². The Hall–Kier alpha value is -1.47. The number of alkyl halides is 3. The standard InChI is InChI=1S/C12H19F3N2O3/c1-3-4-7-17(8-5-6-8)10(20)16-11(2,9(18)19)12(13,14)15/h8H,3-7H2,1-2H3,(H,16,20)(H,18,19). The molecule has 0 heterocycles. The van der Waals surface area contributed by atoms with Gasteiger partial charge in [-0.1, -0.05) is 13.3 Å². The highest BCUT2D eigenvalue weighted by molar-refractivity contribution is 5.87. The number of amides is 2. The molecule has 0 saturated heterocycles. The van der Waals surface area contributed by atoms with E-state index in [-0.39, 0.29) is 6.04 Å². The van der Waals surface area contributed by atoms with E-state index in [1.54, 1.807) is 5.32 Å². The van der Waals surface area contributed by atoms with E-state index in [0.717, 1.165) is 19.3 Å². The summed E-state index contributed by atoms with van der Waals surface area (Å²) in [5, 5.41) is 10.4. The van der Waals surface area contributed by atoms with Crippen LogP contribution in [-0.2, 0) is 4.79 Å². The lowest BCUT2D eigenvalue weighted by atomic mass is 10.0. The number of halogens is 3. The highest BCUT2D eigenvalue weighted by atomic mass is 19.4. The number of nitrogens with zero attached hydrogens (tertiary/aromatic N) is 1. The third kappa shape index (κ3) is 3.55. The van der Waals surface area contributed by atoms with Crippen molar-refractivity contribution in [1.82, 2.24) is 10.2 Å². The van der Waals surface area contributed by atoms with Crippen LogP contribution < -0.4 is 5.32 Å². The number of carboxylic acids is 1. The van der Waals surface area contributed by atoms with Crippen LogP contribution in [0, 0.1) is 0 Å². The SMILES string of the molecule is CCCCN(C(=O)NC(C)(C(=O)O)C(F)(F)F)C1CC1. The maximum absolute atomic E-state index is 12.8. The molecule has 1 saturated carbocycles. The van der Waals surface area contributed by atoms with Gasteiger partial charge in [0.2, 0.25) is 5.54 Å². The molecule has 1 aliphatic rings. The second-order valence-corrected chi connectivity index (χ2v) is 5.14. The molecule has 2 N–H and O–H groups in total. The maximum atomic E-state index is 12.8. The van der Waals surface area contributed by atoms with Crippen LogP contribution in [0.2, 0.25) is 0 Å². The highest BCUT2D eigenvalue weighted by Gasteiger charge is 2.59. The van der Waals surface area contributed by atoms with Gasteiger partial charge in [0.25, 0.3) is 0 Å². The van der Waals surface area contributed by atoms with Gasteiger partial charge in [0.15, 0.2) is 0 Å². The van der Waals surface area contributed by atoms with E-state index >= 15 is 0 Å². The second kappa shape index (κ2) is 5.88. The fraction of sp³-hybridized carbons (Fsp3) is 0.833. The summed E-state index contributed by atoms with van der Waals surface area (Å²) in [6, 6.07) is -1.05. The van der Waals surface area contributed by atoms with Crippen LogP contribution in [-0.4, -0.2) is 46.3 Å². The molecule has 0 spiro atoms. The Labute approximate surface area is 115 Å². The van der Waals surface area contributed by atoms with Gasteiger partial charge in [0.1, 0.15) is 0 Å². The average Bonchev–Trinajstić information content (AvgIpc) is 3.12. The molecule has 1 aliphatic carbocycles. The molecule has 1 fully saturated rings. The molecule has 116 valence electrons. The summed E-state index contributed by atoms with van der Waals surface area (Å²) < 4.78 is 38.5. The molecule has 8 heteroatoms. The molecule has 20 heavy (non-hydrogen) atoms. The van der Waals surface area contributed by atoms with E-state index in [1.807, 2.05) is 6.92 Å². The van der Waals surface area contributed by atoms with E-state index in [4.69, 9.17) is 5.11 Å². The molecule has 1 rings (SSSR count). The van der Waals surface area contributed by atoms with Crippen molar-refractivity contribution in [3.05, 3.63) is 0 Å². The zero-order valence-electron chi connectivity index (χ0n) is 11.5. The van der Waals surface area contributed by atoms with Crippen LogP contribution in [0.1, 0.15) is 39.5 Å². The Morgan fingerprint density at radius 1 is 1.35 bits per heavy atom. The quantitative estimate of drug-likeness (QED) is 0.790. The third-order valence-corrected chi connectivity index (χ3v) is 3.35. The summed E-state index contributed by atoms with van der Waals surface area (Å²) in [5.41, 5.74) is -3.27. The minimum Gasteiger partial charge on any atom is -0.479 e. The van der Waals surface area contributed by atoms with Gasteiger partial charge in [-0.2, -0.15) is 13.2 Å². The van der Waals surface area contributed by atoms with Gasteiger partial charge in [0.05, 0.1) is 0 Å². The van der Waals surface area contributed by atoms with Crippen LogP contribution in [0.5, 0.6) is 0 Å². The fourth-order valence-corrected chi connectivity index (χ4v) is 1.70. The molecule has 1 atom stereocenters. The van der Waals surface area contributed by atoms with Gasteiger partial charge >= 0.3 is 18.2 Å². The van der Waals surface area contributed by atoms with Crippen LogP contribution >= 0.6 is 0 Å². The lowest BCUT2D eigenvalue weighted by Gasteiger charge is -2.32. The number of rotatable bonds is 6. The number of aliphatic carboxylic acids is 1. The third-order valence-electron chi connectivity index (χ3n) is 3.35. The minimum atomic E-state index is -5.06. The summed E-state index contributed by atoms with van der Waals surface area (Å²) in [4.78, 5) is 24.1. The lowest BCUT2D eigenvalue weighted by molar-refractivity contribution is -0.203. The Kier molecular flexibility index (Phi) is 4.88. The largest absolute Gasteiger partial charge is 0.479 e. The second-order valence-electron chi connectivity index (χ2n) is 5.14. The molecule has 1 unspecified atom stereocenters. The monoisotopic (exact) mass is 296 g/mol. The average molecular weight is 296 g/mol. The van der Waals surface area contributed by atoms with Crippen LogP contribution in [0.15, 0.2) is 0 Å². The number of carboxylic acid groups (broad SMARTS) is 1. The number of carbonyl (C=O) groups is 2. The normalized spacial score (nSPS) is 18.2. The first-order chi connectivity index (χ1) is 9.13. The molecule has 0 radical (unpaired) electrons. The first-order valence-electron chi connectivity index (χ1n) is 6.52. The van der Waals surface area contributed by atoms with Crippen molar-refractivity contribution in [2.24, 2.45) is 0 Å². The molecule has 0 aromatic heterocycles. The molecule has 0 aromatic carbocycles. The summed E-state index contributed by atoms with van der Waals surface area (Å²) in [5.74, 6) is -2.12. The molecule has 0 aliphatic heterocycles. The van der Waals surface area contributed by atoms with Crippen LogP contribution in [0.3, 0.4) is 0 Å². The van der Waals surface area contributed by atoms with E-state index in [9.17, 15) is 22.8 Å². The van der Waals surface area contributed by atoms with Gasteiger partial charge in [-0.05, 0) is 26.2 Å². The predicted molar refractivity (Wildman–Crippen MR) is 65.3 cm³/mol. The first kappa shape index (κ1) is 16.6. The van der Waals surface area contributed by atoms with Crippen molar-refractivity contribution in [2.75, 3.05) is 6.54 Å². The van der Waals surface area contributed by atoms with Crippen molar-refractivity contribution in [1.29, 1.82) is 0 Å². The molecule has 0 bridgehead atoms. The van der Waals surface area contributed by atoms with E-state index < -0.39 is 23.7 Å². The van der Waals surface area contributed by atoms with Crippen molar-refractivity contribution in [3.8, 4) is 0 Å². The molecule has 5 nitrogen and oxygen atoms in total. The zero-order valence-corrected chi connectivity index (χ0v) is 11.5. The van der Waals surface area contributed by atoms with Gasteiger partial charge in [-0.3, -0.25) is 0 Å². The molecular formula is C12H19F3N2O3. The summed E-state index contributed by atoms with van der Waals surface area (Å²) in [6.45, 7) is 2.69. The smallest absolute Gasteiger partial charge is 0.422 e. The number of hydrogen-bond acceptors (Lipinski definition) is 2. The van der Waals surface area contributed by atoms with Crippen molar-refractivity contribution < 1.29 is 27.9 Å².